The molecule has 0 saturated carbocycles. The number of hydrogen-bond donors (Lipinski definition) is 1. The van der Waals surface area contributed by atoms with Crippen molar-refractivity contribution in [1.82, 2.24) is 10.2 Å². The van der Waals surface area contributed by atoms with Crippen LogP contribution in [0, 0.1) is 11.2 Å². The summed E-state index contributed by atoms with van der Waals surface area (Å²) in [6, 6.07) is 5.98. The molecule has 2 aliphatic heterocycles. The van der Waals surface area contributed by atoms with Crippen LogP contribution in [-0.4, -0.2) is 43.7 Å². The van der Waals surface area contributed by atoms with Gasteiger partial charge in [0.2, 0.25) is 5.91 Å². The van der Waals surface area contributed by atoms with Crippen LogP contribution in [0.4, 0.5) is 4.39 Å². The van der Waals surface area contributed by atoms with Crippen molar-refractivity contribution >= 4 is 5.91 Å². The summed E-state index contributed by atoms with van der Waals surface area (Å²) in [5.74, 6) is -0.266. The Kier molecular flexibility index (Phi) is 4.97. The second-order valence-corrected chi connectivity index (χ2v) is 7.07. The molecular formula is C18H25FN2O2. The highest BCUT2D eigenvalue weighted by atomic mass is 19.1. The number of likely N-dealkylation sites (tertiary alicyclic amines) is 1. The summed E-state index contributed by atoms with van der Waals surface area (Å²) in [4.78, 5) is 15.0. The molecule has 1 unspecified atom stereocenters. The first-order valence-electron chi connectivity index (χ1n) is 8.42. The molecule has 2 aliphatic rings. The highest BCUT2D eigenvalue weighted by molar-refractivity contribution is 5.83. The van der Waals surface area contributed by atoms with E-state index in [4.69, 9.17) is 4.74 Å². The van der Waals surface area contributed by atoms with E-state index in [0.717, 1.165) is 31.5 Å². The van der Waals surface area contributed by atoms with Crippen molar-refractivity contribution in [3.8, 4) is 0 Å². The zero-order valence-corrected chi connectivity index (χ0v) is 13.7. The van der Waals surface area contributed by atoms with Crippen molar-refractivity contribution in [1.29, 1.82) is 0 Å². The Bertz CT molecular complexity index is 536. The van der Waals surface area contributed by atoms with E-state index in [0.29, 0.717) is 19.8 Å². The molecule has 1 atom stereocenters. The van der Waals surface area contributed by atoms with Crippen LogP contribution in [0.3, 0.4) is 0 Å². The van der Waals surface area contributed by atoms with Crippen LogP contribution in [0.25, 0.3) is 0 Å². The highest BCUT2D eigenvalue weighted by Gasteiger charge is 2.35. The zero-order valence-electron chi connectivity index (χ0n) is 13.7. The molecule has 1 amide bonds. The van der Waals surface area contributed by atoms with Crippen molar-refractivity contribution in [2.75, 3.05) is 32.8 Å². The largest absolute Gasteiger partial charge is 0.380 e. The molecule has 2 fully saturated rings. The SMILES string of the molecule is CC1(CNC(=O)C(c2ccc(F)cc2)N2CCCCC2)COC1. The maximum atomic E-state index is 13.2. The molecular weight excluding hydrogens is 295 g/mol. The molecule has 1 N–H and O–H groups in total. The third kappa shape index (κ3) is 3.90. The summed E-state index contributed by atoms with van der Waals surface area (Å²) in [6.07, 6.45) is 3.43. The first-order valence-corrected chi connectivity index (χ1v) is 8.42. The molecule has 0 radical (unpaired) electrons. The molecule has 0 spiro atoms. The number of amides is 1. The minimum absolute atomic E-state index is 0.00614. The van der Waals surface area contributed by atoms with Gasteiger partial charge in [-0.15, -0.1) is 0 Å². The van der Waals surface area contributed by atoms with Crippen LogP contribution in [0.1, 0.15) is 37.8 Å². The van der Waals surface area contributed by atoms with Gasteiger partial charge in [-0.05, 0) is 43.6 Å². The summed E-state index contributed by atoms with van der Waals surface area (Å²) in [5.41, 5.74) is 0.908. The Balaban J connectivity index is 1.73. The average molecular weight is 320 g/mol. The second-order valence-electron chi connectivity index (χ2n) is 7.07. The Morgan fingerprint density at radius 2 is 1.91 bits per heavy atom. The fourth-order valence-electron chi connectivity index (χ4n) is 3.30. The van der Waals surface area contributed by atoms with Gasteiger partial charge in [-0.2, -0.15) is 0 Å². The highest BCUT2D eigenvalue weighted by Crippen LogP contribution is 2.28. The lowest BCUT2D eigenvalue weighted by Gasteiger charge is -2.39. The third-order valence-electron chi connectivity index (χ3n) is 4.78. The monoisotopic (exact) mass is 320 g/mol. The van der Waals surface area contributed by atoms with E-state index in [-0.39, 0.29) is 23.2 Å². The van der Waals surface area contributed by atoms with E-state index < -0.39 is 0 Å². The quantitative estimate of drug-likeness (QED) is 0.906. The topological polar surface area (TPSA) is 41.6 Å². The van der Waals surface area contributed by atoms with Gasteiger partial charge < -0.3 is 10.1 Å². The van der Waals surface area contributed by atoms with E-state index in [1.807, 2.05) is 0 Å². The van der Waals surface area contributed by atoms with Gasteiger partial charge in [-0.1, -0.05) is 25.5 Å². The number of rotatable bonds is 5. The number of hydrogen-bond acceptors (Lipinski definition) is 3. The van der Waals surface area contributed by atoms with Crippen LogP contribution in [-0.2, 0) is 9.53 Å². The zero-order chi connectivity index (χ0) is 16.3. The van der Waals surface area contributed by atoms with E-state index in [1.165, 1.54) is 18.6 Å². The summed E-state index contributed by atoms with van der Waals surface area (Å²) in [7, 11) is 0. The molecule has 23 heavy (non-hydrogen) atoms. The first kappa shape index (κ1) is 16.4. The third-order valence-corrected chi connectivity index (χ3v) is 4.78. The number of halogens is 1. The Labute approximate surface area is 137 Å². The normalized spacial score (nSPS) is 22.2. The predicted octanol–water partition coefficient (Wildman–Crippen LogP) is 2.51. The lowest BCUT2D eigenvalue weighted by molar-refractivity contribution is -0.132. The second kappa shape index (κ2) is 6.97. The van der Waals surface area contributed by atoms with E-state index in [9.17, 15) is 9.18 Å². The van der Waals surface area contributed by atoms with Crippen LogP contribution < -0.4 is 5.32 Å². The van der Waals surface area contributed by atoms with Crippen LogP contribution in [0.2, 0.25) is 0 Å². The van der Waals surface area contributed by atoms with Gasteiger partial charge in [0.05, 0.1) is 13.2 Å². The van der Waals surface area contributed by atoms with Gasteiger partial charge in [0.1, 0.15) is 11.9 Å². The van der Waals surface area contributed by atoms with Gasteiger partial charge in [0.15, 0.2) is 0 Å². The molecule has 5 heteroatoms. The molecule has 1 aromatic carbocycles. The van der Waals surface area contributed by atoms with Crippen molar-refractivity contribution in [2.45, 2.75) is 32.2 Å². The fraction of sp³-hybridized carbons (Fsp3) is 0.611. The standard InChI is InChI=1S/C18H25FN2O2/c1-18(12-23-13-18)11-20-17(22)16(21-9-3-2-4-10-21)14-5-7-15(19)8-6-14/h5-8,16H,2-4,9-13H2,1H3,(H,20,22). The van der Waals surface area contributed by atoms with Crippen LogP contribution in [0.15, 0.2) is 24.3 Å². The number of ether oxygens (including phenoxy) is 1. The first-order chi connectivity index (χ1) is 11.1. The maximum absolute atomic E-state index is 13.2. The molecule has 1 aromatic rings. The number of nitrogens with zero attached hydrogens (tertiary/aromatic N) is 1. The lowest BCUT2D eigenvalue weighted by atomic mass is 9.88. The summed E-state index contributed by atoms with van der Waals surface area (Å²) in [5, 5.41) is 3.08. The number of benzene rings is 1. The average Bonchev–Trinajstić information content (AvgIpc) is 2.54. The molecule has 4 nitrogen and oxygen atoms in total. The van der Waals surface area contributed by atoms with E-state index >= 15 is 0 Å². The van der Waals surface area contributed by atoms with Gasteiger partial charge in [-0.3, -0.25) is 9.69 Å². The van der Waals surface area contributed by atoms with Crippen LogP contribution >= 0.6 is 0 Å². The van der Waals surface area contributed by atoms with Gasteiger partial charge in [0, 0.05) is 12.0 Å². The van der Waals surface area contributed by atoms with Crippen molar-refractivity contribution in [2.24, 2.45) is 5.41 Å². The van der Waals surface area contributed by atoms with E-state index in [2.05, 4.69) is 17.1 Å². The maximum Gasteiger partial charge on any atom is 0.241 e. The Morgan fingerprint density at radius 3 is 2.48 bits per heavy atom. The Morgan fingerprint density at radius 1 is 1.26 bits per heavy atom. The minimum Gasteiger partial charge on any atom is -0.380 e. The van der Waals surface area contributed by atoms with Crippen molar-refractivity contribution in [3.05, 3.63) is 35.6 Å². The molecule has 0 bridgehead atoms. The summed E-state index contributed by atoms with van der Waals surface area (Å²) >= 11 is 0. The number of carbonyl (C=O) groups is 1. The number of nitrogens with one attached hydrogen (secondary N) is 1. The number of carbonyl (C=O) groups excluding carboxylic acids is 1. The smallest absolute Gasteiger partial charge is 0.241 e. The minimum atomic E-state index is -0.333. The lowest BCUT2D eigenvalue weighted by Crippen LogP contribution is -2.51. The molecule has 0 aromatic heterocycles. The molecule has 0 aliphatic carbocycles. The summed E-state index contributed by atoms with van der Waals surface area (Å²) in [6.45, 7) is 5.95. The van der Waals surface area contributed by atoms with Crippen LogP contribution in [0.5, 0.6) is 0 Å². The van der Waals surface area contributed by atoms with Crippen molar-refractivity contribution < 1.29 is 13.9 Å². The molecule has 3 rings (SSSR count). The van der Waals surface area contributed by atoms with Gasteiger partial charge in [0.25, 0.3) is 0 Å². The van der Waals surface area contributed by atoms with Crippen molar-refractivity contribution in [3.63, 3.8) is 0 Å². The predicted molar refractivity (Wildman–Crippen MR) is 86.5 cm³/mol. The molecule has 2 saturated heterocycles. The summed E-state index contributed by atoms with van der Waals surface area (Å²) < 4.78 is 18.5. The van der Waals surface area contributed by atoms with E-state index in [1.54, 1.807) is 12.1 Å². The molecule has 2 heterocycles. The number of piperidine rings is 1. The van der Waals surface area contributed by atoms with Gasteiger partial charge in [-0.25, -0.2) is 4.39 Å². The Hall–Kier alpha value is -1.46. The molecule has 126 valence electrons. The fourth-order valence-corrected chi connectivity index (χ4v) is 3.30. The van der Waals surface area contributed by atoms with Gasteiger partial charge >= 0.3 is 0 Å².